The Balaban J connectivity index is 1.35. The van der Waals surface area contributed by atoms with Crippen LogP contribution in [-0.4, -0.2) is 74.9 Å². The van der Waals surface area contributed by atoms with E-state index >= 15 is 0 Å². The smallest absolute Gasteiger partial charge is 0.433 e. The Labute approximate surface area is 233 Å². The van der Waals surface area contributed by atoms with Gasteiger partial charge in [0.1, 0.15) is 17.3 Å². The number of rotatable bonds is 8. The van der Waals surface area contributed by atoms with E-state index < -0.39 is 30.2 Å². The van der Waals surface area contributed by atoms with Crippen LogP contribution in [-0.2, 0) is 18.0 Å². The average Bonchev–Trinajstić information content (AvgIpc) is 3.05. The fourth-order valence-electron chi connectivity index (χ4n) is 4.97. The van der Waals surface area contributed by atoms with Gasteiger partial charge < -0.3 is 19.3 Å². The van der Waals surface area contributed by atoms with Gasteiger partial charge in [0.05, 0.1) is 14.2 Å². The fraction of sp³-hybridized carbons (Fsp3) is 0.655. The van der Waals surface area contributed by atoms with Crippen molar-refractivity contribution in [3.8, 4) is 11.5 Å². The number of benzene rings is 1. The van der Waals surface area contributed by atoms with Gasteiger partial charge in [-0.25, -0.2) is 9.97 Å². The van der Waals surface area contributed by atoms with E-state index in [9.17, 15) is 13.2 Å². The Morgan fingerprint density at radius 2 is 1.56 bits per heavy atom. The van der Waals surface area contributed by atoms with Gasteiger partial charge in [0.25, 0.3) is 0 Å². The number of halogens is 3. The first-order valence-corrected chi connectivity index (χ1v) is 13.6. The molecule has 0 aliphatic carbocycles. The lowest BCUT2D eigenvalue weighted by atomic mass is 9.95. The monoisotopic (exact) mass is 551 g/mol. The summed E-state index contributed by atoms with van der Waals surface area (Å²) in [6.07, 6.45) is -1.90. The number of alkyl halides is 3. The summed E-state index contributed by atoms with van der Waals surface area (Å²) in [6, 6.07) is 4.83. The molecule has 3 heterocycles. The second-order valence-electron chi connectivity index (χ2n) is 11.1. The molecular formula is C29H42F3N5O2. The quantitative estimate of drug-likeness (QED) is 0.399. The van der Waals surface area contributed by atoms with Crippen LogP contribution < -0.4 is 19.3 Å². The first-order chi connectivity index (χ1) is 19.3. The number of ether oxygens (including phenoxy) is 2. The van der Waals surface area contributed by atoms with E-state index in [0.717, 1.165) is 49.8 Å². The summed E-state index contributed by atoms with van der Waals surface area (Å²) in [5.74, 6) is 1.71. The van der Waals surface area contributed by atoms with Crippen LogP contribution in [0.3, 0.4) is 0 Å². The lowest BCUT2D eigenvalue weighted by Gasteiger charge is -2.36. The second kappa shape index (κ2) is 12.2. The van der Waals surface area contributed by atoms with Gasteiger partial charge in [-0.3, -0.25) is 4.90 Å². The molecule has 2 atom stereocenters. The van der Waals surface area contributed by atoms with Crippen LogP contribution in [0.15, 0.2) is 18.2 Å². The lowest BCUT2D eigenvalue weighted by Crippen LogP contribution is -2.47. The molecule has 39 heavy (non-hydrogen) atoms. The molecule has 1 saturated heterocycles. The zero-order chi connectivity index (χ0) is 29.9. The molecule has 0 spiro atoms. The lowest BCUT2D eigenvalue weighted by molar-refractivity contribution is -0.141. The summed E-state index contributed by atoms with van der Waals surface area (Å²) >= 11 is 0. The zero-order valence-electron chi connectivity index (χ0n) is 25.6. The molecule has 1 fully saturated rings. The van der Waals surface area contributed by atoms with Crippen LogP contribution in [0.1, 0.15) is 66.3 Å². The Bertz CT molecular complexity index is 1150. The molecule has 10 heteroatoms. The highest BCUT2D eigenvalue weighted by Crippen LogP contribution is 2.37. The molecule has 2 aliphatic heterocycles. The number of hydrogen-bond donors (Lipinski definition) is 0. The molecule has 2 aliphatic rings. The minimum atomic E-state index is -4.52. The minimum absolute atomic E-state index is 0.195. The van der Waals surface area contributed by atoms with E-state index in [-0.39, 0.29) is 5.82 Å². The van der Waals surface area contributed by atoms with Gasteiger partial charge in [0, 0.05) is 65.2 Å². The van der Waals surface area contributed by atoms with Gasteiger partial charge in [-0.05, 0) is 50.3 Å². The molecule has 0 amide bonds. The maximum absolute atomic E-state index is 13.5. The van der Waals surface area contributed by atoms with Crippen molar-refractivity contribution in [1.82, 2.24) is 14.9 Å². The van der Waals surface area contributed by atoms with Crippen molar-refractivity contribution in [3.63, 3.8) is 0 Å². The Morgan fingerprint density at radius 1 is 0.897 bits per heavy atom. The maximum Gasteiger partial charge on any atom is 0.433 e. The second-order valence-corrected chi connectivity index (χ2v) is 11.1. The summed E-state index contributed by atoms with van der Waals surface area (Å²) in [5, 5.41) is 0. The molecule has 0 N–H and O–H groups in total. The summed E-state index contributed by atoms with van der Waals surface area (Å²) in [4.78, 5) is 14.6. The number of unbranched alkanes of at least 4 members (excludes halogenated alkanes) is 1. The maximum atomic E-state index is 13.5. The number of piperazine rings is 1. The fourth-order valence-corrected chi connectivity index (χ4v) is 4.97. The van der Waals surface area contributed by atoms with Crippen molar-refractivity contribution in [2.24, 2.45) is 0 Å². The van der Waals surface area contributed by atoms with E-state index in [0.29, 0.717) is 49.8 Å². The number of hydrogen-bond acceptors (Lipinski definition) is 7. The third kappa shape index (κ3) is 7.26. The molecule has 0 saturated carbocycles. The summed E-state index contributed by atoms with van der Waals surface area (Å²) < 4.78 is 68.9. The highest BCUT2D eigenvalue weighted by atomic mass is 19.4. The first-order valence-electron chi connectivity index (χ1n) is 14.8. The largest absolute Gasteiger partial charge is 0.493 e. The minimum Gasteiger partial charge on any atom is -0.493 e. The van der Waals surface area contributed by atoms with Gasteiger partial charge in [-0.1, -0.05) is 20.8 Å². The molecule has 216 valence electrons. The van der Waals surface area contributed by atoms with Crippen molar-refractivity contribution in [1.29, 1.82) is 0 Å². The van der Waals surface area contributed by atoms with Crippen LogP contribution >= 0.6 is 0 Å². The number of nitrogens with zero attached hydrogens (tertiary/aromatic N) is 5. The molecule has 0 bridgehead atoms. The highest BCUT2D eigenvalue weighted by Gasteiger charge is 2.36. The number of aryl methyl sites for hydroxylation is 1. The van der Waals surface area contributed by atoms with Crippen LogP contribution in [0, 0.1) is 0 Å². The number of anilines is 2. The molecular weight excluding hydrogens is 507 g/mol. The highest BCUT2D eigenvalue weighted by molar-refractivity contribution is 5.62. The van der Waals surface area contributed by atoms with E-state index in [1.54, 1.807) is 14.2 Å². The van der Waals surface area contributed by atoms with Crippen molar-refractivity contribution in [2.45, 2.75) is 64.4 Å². The van der Waals surface area contributed by atoms with Gasteiger partial charge in [0.2, 0.25) is 0 Å². The molecule has 2 aromatic rings. The Hall–Kier alpha value is -2.75. The van der Waals surface area contributed by atoms with Crippen LogP contribution in [0.5, 0.6) is 11.5 Å². The zero-order valence-corrected chi connectivity index (χ0v) is 23.6. The van der Waals surface area contributed by atoms with Crippen molar-refractivity contribution in [2.75, 3.05) is 69.8 Å². The summed E-state index contributed by atoms with van der Waals surface area (Å²) in [7, 11) is 3.17. The summed E-state index contributed by atoms with van der Waals surface area (Å²) in [5.41, 5.74) is 0.237. The third-order valence-corrected chi connectivity index (χ3v) is 7.22. The molecule has 2 unspecified atom stereocenters. The molecule has 7 nitrogen and oxygen atoms in total. The molecule has 1 aromatic heterocycles. The van der Waals surface area contributed by atoms with Crippen LogP contribution in [0.2, 0.25) is 0 Å². The van der Waals surface area contributed by atoms with E-state index in [1.165, 1.54) is 0 Å². The standard InChI is InChI=1S/C29H42F3N5O2/c1-28(2,3)27-33-25(29(30,31)32)20-26(34-27)37-16-14-35(15-17-37)11-8-9-13-36-12-7-6-10-21-18-23(38-4)24(39-5)19-22(21)36/h18-20H,6-17H2,1-5H3/i10D,12D. The first kappa shape index (κ1) is 26.5. The third-order valence-electron chi connectivity index (χ3n) is 7.22. The number of methoxy groups -OCH3 is 2. The Kier molecular flexibility index (Phi) is 8.27. The summed E-state index contributed by atoms with van der Waals surface area (Å²) in [6.45, 7) is 9.25. The normalized spacial score (nSPS) is 21.6. The van der Waals surface area contributed by atoms with Crippen molar-refractivity contribution >= 4 is 11.5 Å². The topological polar surface area (TPSA) is 54.0 Å². The van der Waals surface area contributed by atoms with Crippen LogP contribution in [0.4, 0.5) is 24.7 Å². The predicted molar refractivity (Wildman–Crippen MR) is 148 cm³/mol. The van der Waals surface area contributed by atoms with Gasteiger partial charge in [-0.15, -0.1) is 0 Å². The van der Waals surface area contributed by atoms with Gasteiger partial charge >= 0.3 is 6.18 Å². The SMILES string of the molecule is [2H]C1CCC([2H])N(CCCCN2CCN(c3cc(C(F)(F)F)nc(C(C)(C)C)n3)CC2)c2cc(OC)c(OC)cc21. The molecule has 4 rings (SSSR count). The van der Waals surface area contributed by atoms with Crippen LogP contribution in [0.25, 0.3) is 0 Å². The van der Waals surface area contributed by atoms with Gasteiger partial charge in [-0.2, -0.15) is 13.2 Å². The molecule has 0 radical (unpaired) electrons. The van der Waals surface area contributed by atoms with Crippen molar-refractivity contribution < 1.29 is 25.4 Å². The Morgan fingerprint density at radius 3 is 2.21 bits per heavy atom. The van der Waals surface area contributed by atoms with E-state index in [2.05, 4.69) is 19.8 Å². The van der Waals surface area contributed by atoms with Crippen molar-refractivity contribution in [3.05, 3.63) is 35.3 Å². The predicted octanol–water partition coefficient (Wildman–Crippen LogP) is 5.56. The average molecular weight is 552 g/mol. The number of fused-ring (bicyclic) bond motifs is 1. The van der Waals surface area contributed by atoms with E-state index in [1.807, 2.05) is 37.8 Å². The number of aromatic nitrogens is 2. The molecule has 1 aromatic carbocycles. The van der Waals surface area contributed by atoms with Gasteiger partial charge in [0.15, 0.2) is 11.5 Å². The van der Waals surface area contributed by atoms with E-state index in [4.69, 9.17) is 12.2 Å².